The summed E-state index contributed by atoms with van der Waals surface area (Å²) >= 11 is 3.39. The van der Waals surface area contributed by atoms with Crippen LogP contribution in [0.25, 0.3) is 11.2 Å². The molecule has 2 aromatic rings. The van der Waals surface area contributed by atoms with Crippen LogP contribution in [-0.2, 0) is 0 Å². The van der Waals surface area contributed by atoms with Crippen LogP contribution in [0.3, 0.4) is 0 Å². The minimum absolute atomic E-state index is 0.769. The average molecular weight is 250 g/mol. The maximum Gasteiger partial charge on any atom is 0.170 e. The Labute approximate surface area is 91.4 Å². The van der Waals surface area contributed by atoms with E-state index < -0.39 is 0 Å². The van der Waals surface area contributed by atoms with Crippen LogP contribution < -0.4 is 5.59 Å². The lowest BCUT2D eigenvalue weighted by Crippen LogP contribution is -2.12. The molecule has 0 unspecified atom stereocenters. The van der Waals surface area contributed by atoms with Crippen LogP contribution in [-0.4, -0.2) is 22.2 Å². The Morgan fingerprint density at radius 2 is 2.36 bits per heavy atom. The summed E-state index contributed by atoms with van der Waals surface area (Å²) in [7, 11) is 1.95. The van der Waals surface area contributed by atoms with Gasteiger partial charge in [-0.2, -0.15) is 0 Å². The highest BCUT2D eigenvalue weighted by Gasteiger charge is 2.07. The summed E-state index contributed by atoms with van der Waals surface area (Å²) in [4.78, 5) is 8.55. The highest BCUT2D eigenvalue weighted by atomic mass is 79.9. The Hall–Kier alpha value is -1.10. The topological polar surface area (TPSA) is 30.2 Å². The molecular formula is C9H9BBrN3. The molecular weight excluding hydrogens is 241 g/mol. The molecule has 0 saturated carbocycles. The first-order valence-electron chi connectivity index (χ1n) is 4.25. The zero-order chi connectivity index (χ0) is 10.3. The summed E-state index contributed by atoms with van der Waals surface area (Å²) in [5.74, 6) is 0. The maximum atomic E-state index is 4.28. The van der Waals surface area contributed by atoms with Crippen molar-refractivity contribution in [2.24, 2.45) is 0 Å². The second-order valence-corrected chi connectivity index (χ2v) is 4.04. The van der Waals surface area contributed by atoms with Gasteiger partial charge in [0.15, 0.2) is 13.5 Å². The Morgan fingerprint density at radius 1 is 1.64 bits per heavy atom. The zero-order valence-electron chi connectivity index (χ0n) is 8.08. The molecule has 2 heterocycles. The van der Waals surface area contributed by atoms with E-state index in [0.29, 0.717) is 0 Å². The highest BCUT2D eigenvalue weighted by Crippen LogP contribution is 2.17. The van der Waals surface area contributed by atoms with Gasteiger partial charge in [0.1, 0.15) is 4.60 Å². The molecule has 0 N–H and O–H groups in total. The van der Waals surface area contributed by atoms with Gasteiger partial charge in [-0.3, -0.25) is 9.38 Å². The third-order valence-electron chi connectivity index (χ3n) is 2.01. The standard InChI is InChI=1S/C9H9BBrN3/c1-5(2)6-3-12-9-8(11)13-7(10)4-14(6)9/h3-4H,1,10H2,2H3. The number of halogens is 1. The van der Waals surface area contributed by atoms with E-state index in [0.717, 1.165) is 27.1 Å². The number of nitrogens with zero attached hydrogens (tertiary/aromatic N) is 3. The van der Waals surface area contributed by atoms with E-state index in [9.17, 15) is 0 Å². The molecule has 2 rings (SSSR count). The quantitative estimate of drug-likeness (QED) is 0.700. The van der Waals surface area contributed by atoms with Crippen LogP contribution in [0.4, 0.5) is 0 Å². The van der Waals surface area contributed by atoms with Gasteiger partial charge in [-0.1, -0.05) is 6.58 Å². The lowest BCUT2D eigenvalue weighted by molar-refractivity contribution is 1.11. The fraction of sp³-hybridized carbons (Fsp3) is 0.111. The van der Waals surface area contributed by atoms with Crippen LogP contribution in [0.15, 0.2) is 23.6 Å². The number of allylic oxidation sites excluding steroid dienone is 1. The predicted octanol–water partition coefficient (Wildman–Crippen LogP) is 0.783. The van der Waals surface area contributed by atoms with E-state index in [1.165, 1.54) is 0 Å². The summed E-state index contributed by atoms with van der Waals surface area (Å²) in [6.45, 7) is 5.88. The van der Waals surface area contributed by atoms with E-state index in [1.807, 2.05) is 31.6 Å². The van der Waals surface area contributed by atoms with Gasteiger partial charge in [0.05, 0.1) is 11.9 Å². The molecule has 0 aliphatic rings. The van der Waals surface area contributed by atoms with E-state index in [-0.39, 0.29) is 0 Å². The molecule has 0 aliphatic heterocycles. The van der Waals surface area contributed by atoms with Crippen molar-refractivity contribution >= 4 is 40.6 Å². The van der Waals surface area contributed by atoms with Gasteiger partial charge in [0, 0.05) is 11.8 Å². The molecule has 0 fully saturated rings. The van der Waals surface area contributed by atoms with Crippen molar-refractivity contribution in [1.82, 2.24) is 14.4 Å². The van der Waals surface area contributed by atoms with Crippen molar-refractivity contribution < 1.29 is 0 Å². The van der Waals surface area contributed by atoms with E-state index in [4.69, 9.17) is 0 Å². The van der Waals surface area contributed by atoms with Crippen molar-refractivity contribution in [3.05, 3.63) is 29.3 Å². The van der Waals surface area contributed by atoms with E-state index in [2.05, 4.69) is 32.5 Å². The fourth-order valence-corrected chi connectivity index (χ4v) is 1.95. The van der Waals surface area contributed by atoms with Crippen LogP contribution in [0.5, 0.6) is 0 Å². The molecule has 14 heavy (non-hydrogen) atoms. The molecule has 0 aromatic carbocycles. The fourth-order valence-electron chi connectivity index (χ4n) is 1.38. The van der Waals surface area contributed by atoms with Crippen molar-refractivity contribution in [1.29, 1.82) is 0 Å². The van der Waals surface area contributed by atoms with Gasteiger partial charge in [-0.05, 0) is 28.4 Å². The second kappa shape index (κ2) is 3.24. The minimum Gasteiger partial charge on any atom is -0.297 e. The molecule has 0 atom stereocenters. The summed E-state index contributed by atoms with van der Waals surface area (Å²) in [5, 5.41) is 0. The van der Waals surface area contributed by atoms with Crippen molar-refractivity contribution in [2.45, 2.75) is 6.92 Å². The summed E-state index contributed by atoms with van der Waals surface area (Å²) < 4.78 is 2.76. The van der Waals surface area contributed by atoms with Gasteiger partial charge >= 0.3 is 0 Å². The minimum atomic E-state index is 0.769. The highest BCUT2D eigenvalue weighted by molar-refractivity contribution is 9.10. The normalized spacial score (nSPS) is 10.7. The second-order valence-electron chi connectivity index (χ2n) is 3.29. The molecule has 0 spiro atoms. The molecule has 5 heteroatoms. The molecule has 0 saturated heterocycles. The molecule has 2 aromatic heterocycles. The number of hydrogen-bond donors (Lipinski definition) is 0. The largest absolute Gasteiger partial charge is 0.297 e. The number of aromatic nitrogens is 3. The van der Waals surface area contributed by atoms with Crippen LogP contribution in [0.2, 0.25) is 0 Å². The summed E-state index contributed by atoms with van der Waals surface area (Å²) in [6, 6.07) is 0. The Balaban J connectivity index is 2.85. The van der Waals surface area contributed by atoms with Gasteiger partial charge in [-0.15, -0.1) is 0 Å². The zero-order valence-corrected chi connectivity index (χ0v) is 9.67. The monoisotopic (exact) mass is 249 g/mol. The van der Waals surface area contributed by atoms with Gasteiger partial charge in [-0.25, -0.2) is 4.98 Å². The Bertz CT molecular complexity index is 518. The third kappa shape index (κ3) is 1.37. The van der Waals surface area contributed by atoms with E-state index >= 15 is 0 Å². The van der Waals surface area contributed by atoms with E-state index in [1.54, 1.807) is 0 Å². The van der Waals surface area contributed by atoms with Gasteiger partial charge in [0.2, 0.25) is 0 Å². The van der Waals surface area contributed by atoms with Crippen molar-refractivity contribution in [2.75, 3.05) is 0 Å². The third-order valence-corrected chi connectivity index (χ3v) is 2.54. The smallest absolute Gasteiger partial charge is 0.170 e. The number of hydrogen-bond acceptors (Lipinski definition) is 2. The van der Waals surface area contributed by atoms with Crippen LogP contribution in [0.1, 0.15) is 12.6 Å². The maximum absolute atomic E-state index is 4.28. The molecule has 0 amide bonds. The van der Waals surface area contributed by atoms with Crippen molar-refractivity contribution in [3.8, 4) is 0 Å². The molecule has 0 bridgehead atoms. The number of fused-ring (bicyclic) bond motifs is 1. The first-order valence-corrected chi connectivity index (χ1v) is 5.05. The van der Waals surface area contributed by atoms with Gasteiger partial charge in [0.25, 0.3) is 0 Å². The summed E-state index contributed by atoms with van der Waals surface area (Å²) in [5.41, 5.74) is 3.79. The van der Waals surface area contributed by atoms with Gasteiger partial charge < -0.3 is 0 Å². The lowest BCUT2D eigenvalue weighted by atomic mass is 10.1. The molecule has 3 nitrogen and oxygen atoms in total. The first-order chi connectivity index (χ1) is 6.59. The predicted molar refractivity (Wildman–Crippen MR) is 63.6 cm³/mol. The Morgan fingerprint density at radius 3 is 3.00 bits per heavy atom. The van der Waals surface area contributed by atoms with Crippen molar-refractivity contribution in [3.63, 3.8) is 0 Å². The van der Waals surface area contributed by atoms with Crippen LogP contribution >= 0.6 is 15.9 Å². The number of rotatable bonds is 1. The molecule has 70 valence electrons. The Kier molecular flexibility index (Phi) is 2.19. The average Bonchev–Trinajstić information content (AvgIpc) is 2.47. The molecule has 0 aliphatic carbocycles. The van der Waals surface area contributed by atoms with Crippen LogP contribution in [0, 0.1) is 0 Å². The number of imidazole rings is 1. The summed E-state index contributed by atoms with van der Waals surface area (Å²) in [6.07, 6.45) is 3.76. The lowest BCUT2D eigenvalue weighted by Gasteiger charge is -2.02. The SMILES string of the molecule is Bc1cn2c(C(=C)C)cnc2c(Br)n1. The molecule has 0 radical (unpaired) electrons. The first kappa shape index (κ1) is 9.46.